The van der Waals surface area contributed by atoms with E-state index in [1.54, 1.807) is 26.0 Å². The molecule has 0 aliphatic carbocycles. The lowest BCUT2D eigenvalue weighted by Gasteiger charge is -2.26. The molecule has 1 aliphatic heterocycles. The van der Waals surface area contributed by atoms with Crippen molar-refractivity contribution in [3.63, 3.8) is 0 Å². The number of amidine groups is 1. The van der Waals surface area contributed by atoms with Crippen LogP contribution in [0.25, 0.3) is 0 Å². The van der Waals surface area contributed by atoms with E-state index in [-0.39, 0.29) is 94.9 Å². The molecule has 45 heavy (non-hydrogen) atoms. The Bertz CT molecular complexity index is 1410. The van der Waals surface area contributed by atoms with Gasteiger partial charge in [-0.25, -0.2) is 9.18 Å². The van der Waals surface area contributed by atoms with E-state index in [1.807, 2.05) is 20.8 Å². The van der Waals surface area contributed by atoms with Gasteiger partial charge in [-0.1, -0.05) is 20.8 Å². The van der Waals surface area contributed by atoms with Gasteiger partial charge in [0.25, 0.3) is 0 Å². The van der Waals surface area contributed by atoms with Crippen LogP contribution in [0.2, 0.25) is 0 Å². The van der Waals surface area contributed by atoms with E-state index in [1.165, 1.54) is 17.9 Å². The number of ether oxygens (including phenoxy) is 4. The number of unbranched alkanes of at least 4 members (excludes halogenated alkanes) is 1. The molecule has 13 heteroatoms. The van der Waals surface area contributed by atoms with Crippen LogP contribution >= 0.6 is 17.0 Å². The van der Waals surface area contributed by atoms with Crippen LogP contribution in [0, 0.1) is 11.2 Å². The minimum Gasteiger partial charge on any atom is -0.490 e. The maximum Gasteiger partial charge on any atom is 0.341 e. The Morgan fingerprint density at radius 2 is 1.67 bits per heavy atom. The maximum atomic E-state index is 15.5. The number of benzene rings is 2. The number of amides is 1. The number of carboxylic acid groups (broad SMARTS) is 1. The summed E-state index contributed by atoms with van der Waals surface area (Å²) in [5, 5.41) is 20.7. The van der Waals surface area contributed by atoms with Crippen molar-refractivity contribution in [1.82, 2.24) is 10.2 Å². The van der Waals surface area contributed by atoms with Crippen molar-refractivity contribution in [2.75, 3.05) is 39.5 Å². The first-order valence-electron chi connectivity index (χ1n) is 14.7. The van der Waals surface area contributed by atoms with Crippen LogP contribution in [-0.2, 0) is 21.5 Å². The molecule has 248 valence electrons. The number of nitrogens with one attached hydrogen (secondary N) is 2. The summed E-state index contributed by atoms with van der Waals surface area (Å²) in [6.07, 6.45) is 1.24. The van der Waals surface area contributed by atoms with Gasteiger partial charge in [0, 0.05) is 31.1 Å². The molecule has 0 bridgehead atoms. The quantitative estimate of drug-likeness (QED) is 0.158. The number of ketones is 1. The summed E-state index contributed by atoms with van der Waals surface area (Å²) in [5.41, 5.74) is 0.883. The van der Waals surface area contributed by atoms with Crippen molar-refractivity contribution in [3.05, 3.63) is 46.3 Å². The summed E-state index contributed by atoms with van der Waals surface area (Å²) in [4.78, 5) is 37.6. The number of aliphatic carboxylic acids is 1. The molecule has 0 aromatic heterocycles. The van der Waals surface area contributed by atoms with E-state index in [0.717, 1.165) is 0 Å². The van der Waals surface area contributed by atoms with Crippen LogP contribution in [0.1, 0.15) is 81.4 Å². The van der Waals surface area contributed by atoms with E-state index in [2.05, 4.69) is 5.32 Å². The van der Waals surface area contributed by atoms with Crippen LogP contribution in [0.4, 0.5) is 4.39 Å². The zero-order valence-corrected chi connectivity index (χ0v) is 28.3. The monoisotopic (exact) mass is 695 g/mol. The number of carboxylic acids is 1. The first kappa shape index (κ1) is 37.3. The number of hydrogen-bond acceptors (Lipinski definition) is 8. The number of halogens is 2. The molecule has 2 aromatic carbocycles. The van der Waals surface area contributed by atoms with E-state index >= 15 is 4.39 Å². The van der Waals surface area contributed by atoms with E-state index in [4.69, 9.17) is 24.4 Å². The first-order chi connectivity index (χ1) is 20.8. The topological polar surface area (TPSA) is 147 Å². The summed E-state index contributed by atoms with van der Waals surface area (Å²) in [5.74, 6) is -1.83. The third-order valence-electron chi connectivity index (χ3n) is 6.83. The van der Waals surface area contributed by atoms with Gasteiger partial charge in [-0.2, -0.15) is 0 Å². The zero-order chi connectivity index (χ0) is 32.6. The number of Topliss-reactive ketones (excluding diaryl/α,β-unsaturated/α-hetero) is 1. The van der Waals surface area contributed by atoms with Crippen LogP contribution in [0.5, 0.6) is 23.0 Å². The van der Waals surface area contributed by atoms with Crippen molar-refractivity contribution in [3.8, 4) is 23.0 Å². The minimum atomic E-state index is -1.16. The summed E-state index contributed by atoms with van der Waals surface area (Å²) < 4.78 is 38.3. The average Bonchev–Trinajstić information content (AvgIpc) is 3.25. The Kier molecular flexibility index (Phi) is 13.6. The second-order valence-electron chi connectivity index (χ2n) is 11.4. The summed E-state index contributed by atoms with van der Waals surface area (Å²) in [6.45, 7) is 11.2. The lowest BCUT2D eigenvalue weighted by molar-refractivity contribution is -0.139. The van der Waals surface area contributed by atoms with Crippen molar-refractivity contribution in [2.24, 2.45) is 0 Å². The summed E-state index contributed by atoms with van der Waals surface area (Å²) in [7, 11) is 0. The van der Waals surface area contributed by atoms with Crippen molar-refractivity contribution >= 4 is 40.5 Å². The molecule has 0 fully saturated rings. The lowest BCUT2D eigenvalue weighted by atomic mass is 9.84. The van der Waals surface area contributed by atoms with Crippen molar-refractivity contribution < 1.29 is 42.8 Å². The fraction of sp³-hybridized carbons (Fsp3) is 0.500. The third kappa shape index (κ3) is 9.56. The van der Waals surface area contributed by atoms with Crippen molar-refractivity contribution in [1.29, 1.82) is 5.41 Å². The van der Waals surface area contributed by atoms with Crippen LogP contribution in [0.15, 0.2) is 18.2 Å². The Labute approximate surface area is 273 Å². The highest BCUT2D eigenvalue weighted by Crippen LogP contribution is 2.41. The van der Waals surface area contributed by atoms with Crippen molar-refractivity contribution in [2.45, 2.75) is 66.3 Å². The molecule has 3 rings (SSSR count). The normalized spacial score (nSPS) is 12.2. The van der Waals surface area contributed by atoms with E-state index < -0.39 is 23.8 Å². The fourth-order valence-corrected chi connectivity index (χ4v) is 4.81. The fourth-order valence-electron chi connectivity index (χ4n) is 4.81. The number of nitrogens with zero attached hydrogens (tertiary/aromatic N) is 1. The molecule has 0 saturated carbocycles. The summed E-state index contributed by atoms with van der Waals surface area (Å²) >= 11 is 0. The SMILES string of the molecule is Br.CCOc1cc2c(c(F)c1OCC)C(=N)N(CC(=O)c1cc(OCCCCNC(C)=O)c(OCC(=O)O)c(C(C)(C)C)c1)C2. The van der Waals surface area contributed by atoms with E-state index in [0.29, 0.717) is 37.1 Å². The van der Waals surface area contributed by atoms with Gasteiger partial charge in [-0.05, 0) is 55.9 Å². The first-order valence-corrected chi connectivity index (χ1v) is 14.7. The molecule has 1 amide bonds. The second kappa shape index (κ2) is 16.4. The zero-order valence-electron chi connectivity index (χ0n) is 26.6. The van der Waals surface area contributed by atoms with Gasteiger partial charge in [0.05, 0.1) is 31.9 Å². The molecule has 0 spiro atoms. The number of carbonyl (C=O) groups is 3. The molecule has 3 N–H and O–H groups in total. The van der Waals surface area contributed by atoms with Gasteiger partial charge in [0.2, 0.25) is 5.91 Å². The standard InChI is InChI=1S/C32H42FN3O8.BrH/c1-7-41-25-15-21-16-36(31(34)27(21)28(33)30(25)42-8-2)17-23(38)20-13-22(32(4,5)6)29(44-18-26(39)40)24(14-20)43-12-10-9-11-35-19(3)37;/h13-15,34H,7-12,16-18H2,1-6H3,(H,35,37)(H,39,40);1H. The number of fused-ring (bicyclic) bond motifs is 1. The smallest absolute Gasteiger partial charge is 0.341 e. The van der Waals surface area contributed by atoms with Gasteiger partial charge in [0.1, 0.15) is 5.84 Å². The Balaban J connectivity index is 0.00000705. The highest BCUT2D eigenvalue weighted by Gasteiger charge is 2.34. The number of hydrogen-bond donors (Lipinski definition) is 3. The van der Waals surface area contributed by atoms with Gasteiger partial charge in [0.15, 0.2) is 41.2 Å². The molecular formula is C32H43BrFN3O8. The molecule has 0 saturated heterocycles. The molecule has 0 atom stereocenters. The molecule has 1 heterocycles. The summed E-state index contributed by atoms with van der Waals surface area (Å²) in [6, 6.07) is 4.81. The van der Waals surface area contributed by atoms with Gasteiger partial charge in [-0.3, -0.25) is 15.0 Å². The van der Waals surface area contributed by atoms with E-state index in [9.17, 15) is 19.5 Å². The predicted octanol–water partition coefficient (Wildman–Crippen LogP) is 5.28. The van der Waals surface area contributed by atoms with Gasteiger partial charge < -0.3 is 34.3 Å². The predicted molar refractivity (Wildman–Crippen MR) is 172 cm³/mol. The average molecular weight is 697 g/mol. The molecular weight excluding hydrogens is 653 g/mol. The second-order valence-corrected chi connectivity index (χ2v) is 11.4. The van der Waals surface area contributed by atoms with Crippen LogP contribution in [0.3, 0.4) is 0 Å². The Morgan fingerprint density at radius 1 is 1.00 bits per heavy atom. The number of carbonyl (C=O) groups excluding carboxylic acids is 2. The third-order valence-corrected chi connectivity index (χ3v) is 6.83. The lowest BCUT2D eigenvalue weighted by Crippen LogP contribution is -2.31. The minimum absolute atomic E-state index is 0. The molecule has 2 aromatic rings. The van der Waals surface area contributed by atoms with Crippen LogP contribution < -0.4 is 24.3 Å². The molecule has 0 unspecified atom stereocenters. The largest absolute Gasteiger partial charge is 0.490 e. The maximum absolute atomic E-state index is 15.5. The highest BCUT2D eigenvalue weighted by molar-refractivity contribution is 8.93. The highest BCUT2D eigenvalue weighted by atomic mass is 79.9. The molecule has 1 aliphatic rings. The Morgan fingerprint density at radius 3 is 2.27 bits per heavy atom. The Hall–Kier alpha value is -3.87. The van der Waals surface area contributed by atoms with Gasteiger partial charge >= 0.3 is 5.97 Å². The molecule has 0 radical (unpaired) electrons. The van der Waals surface area contributed by atoms with Crippen LogP contribution in [-0.4, -0.2) is 73.0 Å². The number of rotatable bonds is 16. The van der Waals surface area contributed by atoms with Gasteiger partial charge in [-0.15, -0.1) is 17.0 Å². The molecule has 11 nitrogen and oxygen atoms in total.